The van der Waals surface area contributed by atoms with Crippen molar-refractivity contribution >= 4 is 5.91 Å². The maximum Gasteiger partial charge on any atom is 0.222 e. The Balaban J connectivity index is 2.00. The van der Waals surface area contributed by atoms with E-state index >= 15 is 0 Å². The zero-order valence-corrected chi connectivity index (χ0v) is 16.0. The predicted molar refractivity (Wildman–Crippen MR) is 96.3 cm³/mol. The summed E-state index contributed by atoms with van der Waals surface area (Å²) in [4.78, 5) is 12.2. The standard InChI is InChI=1S/C18H27NO9/c1-25-10-6-9(7-11(26-2)17(10)27-3)4-5-13(21)19-18-16(24)15(23)14(22)12(8-20)28-18/h6-7,12,14-16,18,20,22-24H,4-5,8H2,1-3H3,(H,19,21)/t12-,14+,15+,16-,18-/m1/s1. The molecule has 0 aromatic heterocycles. The summed E-state index contributed by atoms with van der Waals surface area (Å²) in [6.07, 6.45) is -6.50. The number of aryl methyl sites for hydroxylation is 1. The highest BCUT2D eigenvalue weighted by Gasteiger charge is 2.43. The Bertz CT molecular complexity index is 641. The van der Waals surface area contributed by atoms with Crippen LogP contribution in [0.3, 0.4) is 0 Å². The molecule has 0 unspecified atom stereocenters. The molecule has 10 heteroatoms. The highest BCUT2D eigenvalue weighted by molar-refractivity contribution is 5.76. The third-order valence-corrected chi connectivity index (χ3v) is 4.56. The van der Waals surface area contributed by atoms with E-state index in [0.29, 0.717) is 23.7 Å². The summed E-state index contributed by atoms with van der Waals surface area (Å²) in [5, 5.41) is 41.1. The minimum Gasteiger partial charge on any atom is -0.493 e. The van der Waals surface area contributed by atoms with Gasteiger partial charge in [-0.3, -0.25) is 4.79 Å². The summed E-state index contributed by atoms with van der Waals surface area (Å²) >= 11 is 0. The number of carbonyl (C=O) groups excluding carboxylic acids is 1. The topological polar surface area (TPSA) is 147 Å². The summed E-state index contributed by atoms with van der Waals surface area (Å²) in [5.41, 5.74) is 0.762. The Morgan fingerprint density at radius 2 is 1.64 bits per heavy atom. The maximum atomic E-state index is 12.2. The quantitative estimate of drug-likeness (QED) is 0.353. The van der Waals surface area contributed by atoms with Gasteiger partial charge in [-0.1, -0.05) is 0 Å². The molecule has 0 radical (unpaired) electrons. The summed E-state index contributed by atoms with van der Waals surface area (Å²) in [6.45, 7) is -0.567. The van der Waals surface area contributed by atoms with Crippen LogP contribution in [0.15, 0.2) is 12.1 Å². The number of carbonyl (C=O) groups is 1. The maximum absolute atomic E-state index is 12.2. The summed E-state index contributed by atoms with van der Waals surface area (Å²) in [6, 6.07) is 3.45. The van der Waals surface area contributed by atoms with Gasteiger partial charge in [0.15, 0.2) is 17.7 Å². The Labute approximate surface area is 162 Å². The average molecular weight is 401 g/mol. The van der Waals surface area contributed by atoms with E-state index in [-0.39, 0.29) is 6.42 Å². The molecule has 1 amide bonds. The third kappa shape index (κ3) is 4.83. The van der Waals surface area contributed by atoms with Gasteiger partial charge in [0.05, 0.1) is 27.9 Å². The van der Waals surface area contributed by atoms with Gasteiger partial charge in [0, 0.05) is 6.42 Å². The zero-order chi connectivity index (χ0) is 20.8. The van der Waals surface area contributed by atoms with Gasteiger partial charge in [0.25, 0.3) is 0 Å². The fourth-order valence-corrected chi connectivity index (χ4v) is 2.99. The lowest BCUT2D eigenvalue weighted by molar-refractivity contribution is -0.235. The van der Waals surface area contributed by atoms with Crippen LogP contribution in [0.4, 0.5) is 0 Å². The number of aliphatic hydroxyl groups is 4. The van der Waals surface area contributed by atoms with Crippen LogP contribution in [-0.2, 0) is 16.0 Å². The first-order valence-electron chi connectivity index (χ1n) is 8.75. The van der Waals surface area contributed by atoms with E-state index in [1.807, 2.05) is 0 Å². The van der Waals surface area contributed by atoms with Crippen molar-refractivity contribution < 1.29 is 44.2 Å². The normalized spacial score (nSPS) is 27.2. The van der Waals surface area contributed by atoms with Crippen LogP contribution in [0.5, 0.6) is 17.2 Å². The molecule has 158 valence electrons. The largest absolute Gasteiger partial charge is 0.493 e. The number of hydrogen-bond acceptors (Lipinski definition) is 9. The van der Waals surface area contributed by atoms with Crippen molar-refractivity contribution in [2.45, 2.75) is 43.5 Å². The van der Waals surface area contributed by atoms with Gasteiger partial charge >= 0.3 is 0 Å². The minimum absolute atomic E-state index is 0.0493. The van der Waals surface area contributed by atoms with E-state index in [0.717, 1.165) is 5.56 Å². The molecule has 1 aliphatic rings. The summed E-state index contributed by atoms with van der Waals surface area (Å²) < 4.78 is 21.1. The van der Waals surface area contributed by atoms with Gasteiger partial charge in [0.2, 0.25) is 11.7 Å². The summed E-state index contributed by atoms with van der Waals surface area (Å²) in [5.74, 6) is 0.926. The second-order valence-electron chi connectivity index (χ2n) is 6.35. The van der Waals surface area contributed by atoms with Crippen molar-refractivity contribution in [3.63, 3.8) is 0 Å². The van der Waals surface area contributed by atoms with Crippen LogP contribution in [-0.4, -0.2) is 84.9 Å². The number of hydrogen-bond donors (Lipinski definition) is 5. The fourth-order valence-electron chi connectivity index (χ4n) is 2.99. The molecule has 0 saturated carbocycles. The van der Waals surface area contributed by atoms with Crippen molar-refractivity contribution in [3.8, 4) is 17.2 Å². The Morgan fingerprint density at radius 1 is 1.04 bits per heavy atom. The molecular formula is C18H27NO9. The first kappa shape index (κ1) is 22.2. The van der Waals surface area contributed by atoms with E-state index in [2.05, 4.69) is 5.32 Å². The summed E-state index contributed by atoms with van der Waals surface area (Å²) in [7, 11) is 4.48. The monoisotopic (exact) mass is 401 g/mol. The van der Waals surface area contributed by atoms with Crippen molar-refractivity contribution in [1.29, 1.82) is 0 Å². The molecule has 0 spiro atoms. The number of rotatable bonds is 8. The van der Waals surface area contributed by atoms with Gasteiger partial charge in [0.1, 0.15) is 24.4 Å². The highest BCUT2D eigenvalue weighted by atomic mass is 16.6. The van der Waals surface area contributed by atoms with E-state index in [4.69, 9.17) is 18.9 Å². The molecular weight excluding hydrogens is 374 g/mol. The average Bonchev–Trinajstić information content (AvgIpc) is 2.71. The molecule has 5 atom stereocenters. The van der Waals surface area contributed by atoms with E-state index in [1.165, 1.54) is 21.3 Å². The van der Waals surface area contributed by atoms with Crippen LogP contribution in [0.25, 0.3) is 0 Å². The minimum atomic E-state index is -1.55. The molecule has 28 heavy (non-hydrogen) atoms. The smallest absolute Gasteiger partial charge is 0.222 e. The molecule has 0 bridgehead atoms. The van der Waals surface area contributed by atoms with Crippen LogP contribution < -0.4 is 19.5 Å². The highest BCUT2D eigenvalue weighted by Crippen LogP contribution is 2.38. The van der Waals surface area contributed by atoms with E-state index < -0.39 is 43.2 Å². The number of amides is 1. The molecule has 0 aliphatic carbocycles. The molecule has 1 heterocycles. The van der Waals surface area contributed by atoms with Crippen LogP contribution >= 0.6 is 0 Å². The van der Waals surface area contributed by atoms with E-state index in [1.54, 1.807) is 12.1 Å². The van der Waals surface area contributed by atoms with Crippen molar-refractivity contribution in [2.24, 2.45) is 0 Å². The molecule has 10 nitrogen and oxygen atoms in total. The second-order valence-corrected chi connectivity index (χ2v) is 6.35. The van der Waals surface area contributed by atoms with E-state index in [9.17, 15) is 25.2 Å². The van der Waals surface area contributed by atoms with Crippen LogP contribution in [0, 0.1) is 0 Å². The fraction of sp³-hybridized carbons (Fsp3) is 0.611. The Hall–Kier alpha value is -2.11. The number of aliphatic hydroxyl groups excluding tert-OH is 4. The Morgan fingerprint density at radius 3 is 2.14 bits per heavy atom. The van der Waals surface area contributed by atoms with Gasteiger partial charge in [-0.2, -0.15) is 0 Å². The van der Waals surface area contributed by atoms with Crippen molar-refractivity contribution in [1.82, 2.24) is 5.32 Å². The number of nitrogens with one attached hydrogen (secondary N) is 1. The van der Waals surface area contributed by atoms with Crippen LogP contribution in [0.2, 0.25) is 0 Å². The predicted octanol–water partition coefficient (Wildman–Crippen LogP) is -1.44. The third-order valence-electron chi connectivity index (χ3n) is 4.56. The van der Waals surface area contributed by atoms with Gasteiger partial charge in [-0.25, -0.2) is 0 Å². The first-order valence-corrected chi connectivity index (χ1v) is 8.75. The first-order chi connectivity index (χ1) is 13.4. The Kier molecular flexibility index (Phi) is 7.84. The SMILES string of the molecule is COc1cc(CCC(=O)N[C@@H]2O[C@H](CO)[C@H](O)[C@H](O)[C@H]2O)cc(OC)c1OC. The molecule has 1 aliphatic heterocycles. The number of methoxy groups -OCH3 is 3. The zero-order valence-electron chi connectivity index (χ0n) is 16.0. The molecule has 1 aromatic carbocycles. The molecule has 1 fully saturated rings. The molecule has 5 N–H and O–H groups in total. The lowest BCUT2D eigenvalue weighted by Crippen LogP contribution is -2.63. The molecule has 2 rings (SSSR count). The molecule has 1 aromatic rings. The lowest BCUT2D eigenvalue weighted by atomic mass is 9.98. The van der Waals surface area contributed by atoms with Crippen molar-refractivity contribution in [3.05, 3.63) is 17.7 Å². The second kappa shape index (κ2) is 9.89. The van der Waals surface area contributed by atoms with Gasteiger partial charge < -0.3 is 44.7 Å². The van der Waals surface area contributed by atoms with Gasteiger partial charge in [-0.15, -0.1) is 0 Å². The molecule has 1 saturated heterocycles. The number of ether oxygens (including phenoxy) is 4. The lowest BCUT2D eigenvalue weighted by Gasteiger charge is -2.40. The van der Waals surface area contributed by atoms with Crippen molar-refractivity contribution in [2.75, 3.05) is 27.9 Å². The van der Waals surface area contributed by atoms with Gasteiger partial charge in [-0.05, 0) is 24.1 Å². The number of benzene rings is 1. The van der Waals surface area contributed by atoms with Crippen LogP contribution in [0.1, 0.15) is 12.0 Å².